The minimum atomic E-state index is -1.19. The lowest BCUT2D eigenvalue weighted by Gasteiger charge is -2.35. The van der Waals surface area contributed by atoms with Crippen molar-refractivity contribution >= 4 is 28.6 Å². The van der Waals surface area contributed by atoms with Crippen LogP contribution in [-0.2, 0) is 22.6 Å². The van der Waals surface area contributed by atoms with Crippen LogP contribution >= 0.6 is 0 Å². The van der Waals surface area contributed by atoms with Gasteiger partial charge in [-0.3, -0.25) is 19.2 Å². The standard InChI is InChI=1S/C26H25FN4O5/c27-21-8-5-16(13-20(21)25(35)30-11-9-29(10-12-30)24(34)17-6-7-17)14-22-18-3-1-2-4-19(18)26(36)31(28-22)15-23(32)33/h1-5,8,13,17H,6-7,9-12,14-15H2,(H,32,33). The van der Waals surface area contributed by atoms with Crippen LogP contribution in [0.2, 0.25) is 0 Å². The number of nitrogens with zero attached hydrogens (tertiary/aromatic N) is 4. The van der Waals surface area contributed by atoms with E-state index in [9.17, 15) is 23.6 Å². The Balaban J connectivity index is 1.39. The van der Waals surface area contributed by atoms with Crippen LogP contribution in [-0.4, -0.2) is 68.6 Å². The van der Waals surface area contributed by atoms with Crippen LogP contribution in [0.25, 0.3) is 10.8 Å². The molecule has 0 bridgehead atoms. The van der Waals surface area contributed by atoms with Gasteiger partial charge < -0.3 is 14.9 Å². The lowest BCUT2D eigenvalue weighted by atomic mass is 10.0. The van der Waals surface area contributed by atoms with E-state index in [4.69, 9.17) is 5.11 Å². The highest BCUT2D eigenvalue weighted by Crippen LogP contribution is 2.31. The summed E-state index contributed by atoms with van der Waals surface area (Å²) in [5, 5.41) is 14.3. The van der Waals surface area contributed by atoms with Crippen LogP contribution in [0.4, 0.5) is 4.39 Å². The fourth-order valence-electron chi connectivity index (χ4n) is 4.60. The Morgan fingerprint density at radius 1 is 0.972 bits per heavy atom. The van der Waals surface area contributed by atoms with Crippen molar-refractivity contribution in [2.24, 2.45) is 5.92 Å². The van der Waals surface area contributed by atoms with E-state index < -0.39 is 29.8 Å². The van der Waals surface area contributed by atoms with Gasteiger partial charge in [-0.1, -0.05) is 24.3 Å². The van der Waals surface area contributed by atoms with Crippen molar-refractivity contribution in [2.45, 2.75) is 25.8 Å². The van der Waals surface area contributed by atoms with Crippen molar-refractivity contribution in [2.75, 3.05) is 26.2 Å². The van der Waals surface area contributed by atoms with E-state index in [2.05, 4.69) is 5.10 Å². The van der Waals surface area contributed by atoms with Gasteiger partial charge in [-0.2, -0.15) is 5.10 Å². The molecule has 1 saturated carbocycles. The molecule has 5 rings (SSSR count). The molecule has 36 heavy (non-hydrogen) atoms. The molecule has 0 spiro atoms. The van der Waals surface area contributed by atoms with E-state index in [-0.39, 0.29) is 23.8 Å². The maximum absolute atomic E-state index is 14.7. The fourth-order valence-corrected chi connectivity index (χ4v) is 4.60. The molecule has 1 N–H and O–H groups in total. The number of rotatable bonds is 6. The normalized spacial score (nSPS) is 15.8. The number of carboxylic acid groups (broad SMARTS) is 1. The number of hydrogen-bond acceptors (Lipinski definition) is 5. The first kappa shape index (κ1) is 23.7. The van der Waals surface area contributed by atoms with Crippen LogP contribution in [0.5, 0.6) is 0 Å². The summed E-state index contributed by atoms with van der Waals surface area (Å²) in [4.78, 5) is 52.6. The van der Waals surface area contributed by atoms with Crippen LogP contribution in [0.1, 0.15) is 34.5 Å². The molecule has 0 unspecified atom stereocenters. The Labute approximate surface area is 205 Å². The van der Waals surface area contributed by atoms with Gasteiger partial charge in [0.15, 0.2) is 0 Å². The lowest BCUT2D eigenvalue weighted by Crippen LogP contribution is -2.51. The number of aliphatic carboxylic acids is 1. The molecule has 9 nitrogen and oxygen atoms in total. The summed E-state index contributed by atoms with van der Waals surface area (Å²) in [5.41, 5.74) is 0.466. The third-order valence-corrected chi connectivity index (χ3v) is 6.67. The van der Waals surface area contributed by atoms with Crippen molar-refractivity contribution in [3.8, 4) is 0 Å². The number of piperazine rings is 1. The van der Waals surface area contributed by atoms with Crippen molar-refractivity contribution in [1.29, 1.82) is 0 Å². The molecule has 3 aromatic rings. The van der Waals surface area contributed by atoms with Gasteiger partial charge in [-0.15, -0.1) is 0 Å². The quantitative estimate of drug-likeness (QED) is 0.563. The zero-order chi connectivity index (χ0) is 25.4. The number of carbonyl (C=O) groups is 3. The predicted molar refractivity (Wildman–Crippen MR) is 128 cm³/mol. The largest absolute Gasteiger partial charge is 0.480 e. The van der Waals surface area contributed by atoms with Crippen molar-refractivity contribution in [3.63, 3.8) is 0 Å². The first-order chi connectivity index (χ1) is 17.3. The monoisotopic (exact) mass is 492 g/mol. The number of fused-ring (bicyclic) bond motifs is 1. The maximum Gasteiger partial charge on any atom is 0.325 e. The SMILES string of the molecule is O=C(O)Cn1nc(Cc2ccc(F)c(C(=O)N3CCN(C(=O)C4CC4)CC3)c2)c2ccccc2c1=O. The number of halogens is 1. The van der Waals surface area contributed by atoms with Gasteiger partial charge in [0, 0.05) is 43.9 Å². The van der Waals surface area contributed by atoms with Gasteiger partial charge in [0.1, 0.15) is 12.4 Å². The average Bonchev–Trinajstić information content (AvgIpc) is 3.72. The Hall–Kier alpha value is -4.08. The first-order valence-electron chi connectivity index (χ1n) is 11.9. The second kappa shape index (κ2) is 9.52. The molecule has 1 aromatic heterocycles. The summed E-state index contributed by atoms with van der Waals surface area (Å²) in [6.45, 7) is 0.965. The summed E-state index contributed by atoms with van der Waals surface area (Å²) < 4.78 is 15.6. The summed E-state index contributed by atoms with van der Waals surface area (Å²) >= 11 is 0. The molecule has 1 saturated heterocycles. The third kappa shape index (κ3) is 4.71. The topological polar surface area (TPSA) is 113 Å². The van der Waals surface area contributed by atoms with Crippen LogP contribution in [0.15, 0.2) is 47.3 Å². The molecule has 1 aliphatic heterocycles. The predicted octanol–water partition coefficient (Wildman–Crippen LogP) is 1.91. The molecule has 0 radical (unpaired) electrons. The average molecular weight is 493 g/mol. The Morgan fingerprint density at radius 2 is 1.64 bits per heavy atom. The summed E-state index contributed by atoms with van der Waals surface area (Å²) in [6.07, 6.45) is 2.02. The Bertz CT molecular complexity index is 1420. The Morgan fingerprint density at radius 3 is 2.31 bits per heavy atom. The molecule has 10 heteroatoms. The molecule has 2 aromatic carbocycles. The van der Waals surface area contributed by atoms with E-state index in [0.29, 0.717) is 48.2 Å². The number of amides is 2. The van der Waals surface area contributed by atoms with Crippen molar-refractivity contribution < 1.29 is 23.9 Å². The van der Waals surface area contributed by atoms with E-state index >= 15 is 0 Å². The van der Waals surface area contributed by atoms with Crippen molar-refractivity contribution in [3.05, 3.63) is 75.5 Å². The number of benzene rings is 2. The van der Waals surface area contributed by atoms with E-state index in [1.54, 1.807) is 40.1 Å². The van der Waals surface area contributed by atoms with Gasteiger partial charge in [0.05, 0.1) is 16.6 Å². The number of aromatic nitrogens is 2. The van der Waals surface area contributed by atoms with E-state index in [1.807, 2.05) is 0 Å². The van der Waals surface area contributed by atoms with Gasteiger partial charge in [0.25, 0.3) is 11.5 Å². The van der Waals surface area contributed by atoms with Gasteiger partial charge in [-0.25, -0.2) is 9.07 Å². The van der Waals surface area contributed by atoms with Gasteiger partial charge >= 0.3 is 5.97 Å². The highest BCUT2D eigenvalue weighted by atomic mass is 19.1. The second-order valence-corrected chi connectivity index (χ2v) is 9.23. The number of carbonyl (C=O) groups excluding carboxylic acids is 2. The van der Waals surface area contributed by atoms with Crippen LogP contribution in [0.3, 0.4) is 0 Å². The molecule has 1 aliphatic carbocycles. The number of hydrogen-bond donors (Lipinski definition) is 1. The van der Waals surface area contributed by atoms with Gasteiger partial charge in [-0.05, 0) is 36.6 Å². The van der Waals surface area contributed by atoms with Crippen LogP contribution < -0.4 is 5.56 Å². The molecule has 2 heterocycles. The van der Waals surface area contributed by atoms with Crippen molar-refractivity contribution in [1.82, 2.24) is 19.6 Å². The molecular weight excluding hydrogens is 467 g/mol. The third-order valence-electron chi connectivity index (χ3n) is 6.67. The fraction of sp³-hybridized carbons (Fsp3) is 0.346. The molecule has 0 atom stereocenters. The second-order valence-electron chi connectivity index (χ2n) is 9.23. The molecule has 2 amide bonds. The minimum Gasteiger partial charge on any atom is -0.480 e. The van der Waals surface area contributed by atoms with Crippen LogP contribution in [0, 0.1) is 11.7 Å². The highest BCUT2D eigenvalue weighted by molar-refractivity contribution is 5.95. The minimum absolute atomic E-state index is 0.0716. The molecule has 2 aliphatic rings. The maximum atomic E-state index is 14.7. The zero-order valence-electron chi connectivity index (χ0n) is 19.5. The van der Waals surface area contributed by atoms with E-state index in [0.717, 1.165) is 17.5 Å². The summed E-state index contributed by atoms with van der Waals surface area (Å²) in [6, 6.07) is 11.0. The molecule has 186 valence electrons. The summed E-state index contributed by atoms with van der Waals surface area (Å²) in [5.74, 6) is -2.02. The first-order valence-corrected chi connectivity index (χ1v) is 11.9. The number of carboxylic acids is 1. The smallest absolute Gasteiger partial charge is 0.325 e. The summed E-state index contributed by atoms with van der Waals surface area (Å²) in [7, 11) is 0. The van der Waals surface area contributed by atoms with E-state index in [1.165, 1.54) is 12.1 Å². The lowest BCUT2D eigenvalue weighted by molar-refractivity contribution is -0.138. The molecular formula is C26H25FN4O5. The molecule has 2 fully saturated rings. The zero-order valence-corrected chi connectivity index (χ0v) is 19.5. The Kier molecular flexibility index (Phi) is 6.26. The highest BCUT2D eigenvalue weighted by Gasteiger charge is 2.35. The van der Waals surface area contributed by atoms with Gasteiger partial charge in [0.2, 0.25) is 5.91 Å².